The Kier molecular flexibility index (Phi) is 5.56. The molecule has 0 aromatic heterocycles. The second kappa shape index (κ2) is 7.20. The van der Waals surface area contributed by atoms with Gasteiger partial charge in [-0.05, 0) is 50.6 Å². The lowest BCUT2D eigenvalue weighted by molar-refractivity contribution is -0.117. The number of carbonyl (C=O) groups is 1. The molecule has 4 nitrogen and oxygen atoms in total. The maximum atomic E-state index is 13.6. The van der Waals surface area contributed by atoms with Crippen LogP contribution < -0.4 is 11.1 Å². The average Bonchev–Trinajstić information content (AvgIpc) is 2.90. The van der Waals surface area contributed by atoms with Gasteiger partial charge in [0.2, 0.25) is 5.91 Å². The molecule has 116 valence electrons. The standard InChI is InChI=1S/C15H21ClFN3O/c1-20(14-4-2-3-10(14)8-18)9-15(21)19-13-6-5-11(16)7-12(13)17/h5-7,10,14H,2-4,8-9,18H2,1H3,(H,19,21). The van der Waals surface area contributed by atoms with E-state index in [1.807, 2.05) is 11.9 Å². The van der Waals surface area contributed by atoms with Crippen LogP contribution >= 0.6 is 11.6 Å². The second-order valence-corrected chi connectivity index (χ2v) is 6.02. The van der Waals surface area contributed by atoms with E-state index in [1.54, 1.807) is 6.07 Å². The molecule has 1 aliphatic rings. The van der Waals surface area contributed by atoms with Gasteiger partial charge in [0, 0.05) is 11.1 Å². The predicted octanol–water partition coefficient (Wildman–Crippen LogP) is 2.48. The largest absolute Gasteiger partial charge is 0.330 e. The van der Waals surface area contributed by atoms with Crippen LogP contribution in [-0.2, 0) is 4.79 Å². The number of carbonyl (C=O) groups excluding carboxylic acids is 1. The monoisotopic (exact) mass is 313 g/mol. The molecule has 0 aliphatic heterocycles. The summed E-state index contributed by atoms with van der Waals surface area (Å²) in [5.41, 5.74) is 5.91. The molecule has 1 amide bonds. The molecule has 0 spiro atoms. The van der Waals surface area contributed by atoms with Gasteiger partial charge in [-0.1, -0.05) is 18.0 Å². The highest BCUT2D eigenvalue weighted by molar-refractivity contribution is 6.30. The summed E-state index contributed by atoms with van der Waals surface area (Å²) in [7, 11) is 1.91. The Balaban J connectivity index is 1.92. The topological polar surface area (TPSA) is 58.4 Å². The molecule has 0 radical (unpaired) electrons. The van der Waals surface area contributed by atoms with Crippen molar-refractivity contribution in [1.82, 2.24) is 4.90 Å². The quantitative estimate of drug-likeness (QED) is 0.878. The first-order valence-electron chi connectivity index (χ1n) is 7.16. The van der Waals surface area contributed by atoms with E-state index < -0.39 is 5.82 Å². The van der Waals surface area contributed by atoms with Crippen molar-refractivity contribution < 1.29 is 9.18 Å². The molecule has 2 rings (SSSR count). The van der Waals surface area contributed by atoms with Crippen LogP contribution in [0, 0.1) is 11.7 Å². The number of hydrogen-bond donors (Lipinski definition) is 2. The Morgan fingerprint density at radius 3 is 2.95 bits per heavy atom. The summed E-state index contributed by atoms with van der Waals surface area (Å²) in [4.78, 5) is 14.0. The number of hydrogen-bond acceptors (Lipinski definition) is 3. The average molecular weight is 314 g/mol. The molecule has 2 unspecified atom stereocenters. The van der Waals surface area contributed by atoms with Crippen LogP contribution in [0.25, 0.3) is 0 Å². The SMILES string of the molecule is CN(CC(=O)Nc1ccc(Cl)cc1F)C1CCCC1CN. The zero-order chi connectivity index (χ0) is 15.4. The lowest BCUT2D eigenvalue weighted by Gasteiger charge is -2.28. The molecule has 0 heterocycles. The zero-order valence-corrected chi connectivity index (χ0v) is 12.9. The number of nitrogens with one attached hydrogen (secondary N) is 1. The van der Waals surface area contributed by atoms with Crippen molar-refractivity contribution in [1.29, 1.82) is 0 Å². The number of benzene rings is 1. The summed E-state index contributed by atoms with van der Waals surface area (Å²) in [6.45, 7) is 0.867. The van der Waals surface area contributed by atoms with Gasteiger partial charge in [-0.25, -0.2) is 4.39 Å². The van der Waals surface area contributed by atoms with Crippen molar-refractivity contribution in [3.63, 3.8) is 0 Å². The minimum atomic E-state index is -0.529. The van der Waals surface area contributed by atoms with Crippen molar-refractivity contribution in [2.45, 2.75) is 25.3 Å². The van der Waals surface area contributed by atoms with Gasteiger partial charge in [0.05, 0.1) is 12.2 Å². The van der Waals surface area contributed by atoms with Crippen molar-refractivity contribution in [2.24, 2.45) is 11.7 Å². The van der Waals surface area contributed by atoms with Crippen LogP contribution in [0.5, 0.6) is 0 Å². The molecule has 0 bridgehead atoms. The van der Waals surface area contributed by atoms with Gasteiger partial charge in [-0.3, -0.25) is 9.69 Å². The minimum Gasteiger partial charge on any atom is -0.330 e. The van der Waals surface area contributed by atoms with E-state index in [0.717, 1.165) is 19.3 Å². The first-order chi connectivity index (χ1) is 10.0. The lowest BCUT2D eigenvalue weighted by atomic mass is 10.0. The van der Waals surface area contributed by atoms with E-state index in [0.29, 0.717) is 23.5 Å². The smallest absolute Gasteiger partial charge is 0.238 e. The third-order valence-electron chi connectivity index (χ3n) is 4.09. The molecule has 1 fully saturated rings. The van der Waals surface area contributed by atoms with E-state index in [9.17, 15) is 9.18 Å². The number of rotatable bonds is 5. The summed E-state index contributed by atoms with van der Waals surface area (Å²) in [5.74, 6) is -0.323. The zero-order valence-electron chi connectivity index (χ0n) is 12.1. The van der Waals surface area contributed by atoms with E-state index in [-0.39, 0.29) is 18.1 Å². The molecule has 21 heavy (non-hydrogen) atoms. The fraction of sp³-hybridized carbons (Fsp3) is 0.533. The Morgan fingerprint density at radius 1 is 1.52 bits per heavy atom. The summed E-state index contributed by atoms with van der Waals surface area (Å²) in [6.07, 6.45) is 3.31. The van der Waals surface area contributed by atoms with Gasteiger partial charge in [0.15, 0.2) is 0 Å². The molecule has 1 aromatic rings. The first-order valence-corrected chi connectivity index (χ1v) is 7.54. The summed E-state index contributed by atoms with van der Waals surface area (Å²) < 4.78 is 13.6. The van der Waals surface area contributed by atoms with E-state index >= 15 is 0 Å². The van der Waals surface area contributed by atoms with Crippen molar-refractivity contribution in [3.05, 3.63) is 29.0 Å². The number of anilines is 1. The number of nitrogens with zero attached hydrogens (tertiary/aromatic N) is 1. The molecule has 3 N–H and O–H groups in total. The Labute approximate surface area is 129 Å². The Bertz CT molecular complexity index is 512. The number of amides is 1. The minimum absolute atomic E-state index is 0.152. The molecule has 0 saturated heterocycles. The highest BCUT2D eigenvalue weighted by Gasteiger charge is 2.30. The Morgan fingerprint density at radius 2 is 2.29 bits per heavy atom. The molecule has 1 aliphatic carbocycles. The maximum absolute atomic E-state index is 13.6. The first kappa shape index (κ1) is 16.2. The van der Waals surface area contributed by atoms with E-state index in [2.05, 4.69) is 5.32 Å². The van der Waals surface area contributed by atoms with Crippen LogP contribution in [-0.4, -0.2) is 37.0 Å². The normalized spacial score (nSPS) is 21.8. The molecule has 6 heteroatoms. The van der Waals surface area contributed by atoms with Crippen molar-refractivity contribution >= 4 is 23.2 Å². The second-order valence-electron chi connectivity index (χ2n) is 5.58. The fourth-order valence-corrected chi connectivity index (χ4v) is 3.16. The molecule has 1 saturated carbocycles. The van der Waals surface area contributed by atoms with Gasteiger partial charge < -0.3 is 11.1 Å². The summed E-state index contributed by atoms with van der Waals surface area (Å²) >= 11 is 5.68. The van der Waals surface area contributed by atoms with Gasteiger partial charge in [-0.2, -0.15) is 0 Å². The van der Waals surface area contributed by atoms with Crippen LogP contribution in [0.1, 0.15) is 19.3 Å². The molecular weight excluding hydrogens is 293 g/mol. The molecular formula is C15H21ClFN3O. The molecule has 1 aromatic carbocycles. The van der Waals surface area contributed by atoms with Gasteiger partial charge in [0.1, 0.15) is 5.82 Å². The fourth-order valence-electron chi connectivity index (χ4n) is 3.00. The highest BCUT2D eigenvalue weighted by Crippen LogP contribution is 2.28. The number of halogens is 2. The summed E-state index contributed by atoms with van der Waals surface area (Å²) in [5, 5.41) is 2.88. The third kappa shape index (κ3) is 4.15. The van der Waals surface area contributed by atoms with Crippen LogP contribution in [0.4, 0.5) is 10.1 Å². The molecule has 2 atom stereocenters. The van der Waals surface area contributed by atoms with Crippen molar-refractivity contribution in [3.8, 4) is 0 Å². The summed E-state index contributed by atoms with van der Waals surface area (Å²) in [6, 6.07) is 4.53. The van der Waals surface area contributed by atoms with E-state index in [4.69, 9.17) is 17.3 Å². The lowest BCUT2D eigenvalue weighted by Crippen LogP contribution is -2.41. The number of nitrogens with two attached hydrogens (primary N) is 1. The maximum Gasteiger partial charge on any atom is 0.238 e. The number of likely N-dealkylation sites (N-methyl/N-ethyl adjacent to an activating group) is 1. The van der Waals surface area contributed by atoms with E-state index in [1.165, 1.54) is 12.1 Å². The van der Waals surface area contributed by atoms with Gasteiger partial charge in [0.25, 0.3) is 0 Å². The third-order valence-corrected chi connectivity index (χ3v) is 4.32. The van der Waals surface area contributed by atoms with Crippen molar-refractivity contribution in [2.75, 3.05) is 25.5 Å². The van der Waals surface area contributed by atoms with Crippen LogP contribution in [0.3, 0.4) is 0 Å². The van der Waals surface area contributed by atoms with Crippen LogP contribution in [0.15, 0.2) is 18.2 Å². The predicted molar refractivity (Wildman–Crippen MR) is 82.9 cm³/mol. The Hall–Kier alpha value is -1.17. The highest BCUT2D eigenvalue weighted by atomic mass is 35.5. The van der Waals surface area contributed by atoms with Gasteiger partial charge >= 0.3 is 0 Å². The van der Waals surface area contributed by atoms with Gasteiger partial charge in [-0.15, -0.1) is 0 Å². The van der Waals surface area contributed by atoms with Crippen LogP contribution in [0.2, 0.25) is 5.02 Å².